The molecule has 1 aromatic carbocycles. The number of hydrogen-bond acceptors (Lipinski definition) is 7. The molecule has 130 valence electrons. The van der Waals surface area contributed by atoms with Crippen LogP contribution in [-0.4, -0.2) is 51.2 Å². The first kappa shape index (κ1) is 15.6. The summed E-state index contributed by atoms with van der Waals surface area (Å²) in [6.45, 7) is 1.79. The minimum Gasteiger partial charge on any atom is -0.482 e. The molecule has 1 aromatic heterocycles. The summed E-state index contributed by atoms with van der Waals surface area (Å²) in [6, 6.07) is 4.34. The Morgan fingerprint density at radius 2 is 2.28 bits per heavy atom. The van der Waals surface area contributed by atoms with Crippen molar-refractivity contribution in [2.45, 2.75) is 25.5 Å². The molecule has 0 radical (unpaired) electrons. The minimum atomic E-state index is -0.658. The number of carbonyl (C=O) groups excluding carboxylic acids is 2. The molecule has 25 heavy (non-hydrogen) atoms. The Balaban J connectivity index is 1.62. The number of aromatic nitrogens is 2. The number of aliphatic hydroxyl groups is 1. The Kier molecular flexibility index (Phi) is 3.65. The number of nitrogens with zero attached hydrogens (tertiary/aromatic N) is 3. The van der Waals surface area contributed by atoms with Crippen LogP contribution in [0.1, 0.15) is 34.5 Å². The van der Waals surface area contributed by atoms with Crippen molar-refractivity contribution in [1.29, 1.82) is 0 Å². The minimum absolute atomic E-state index is 0.0864. The van der Waals surface area contributed by atoms with Gasteiger partial charge in [-0.25, -0.2) is 0 Å². The predicted molar refractivity (Wildman–Crippen MR) is 84.0 cm³/mol. The number of β-amino-alcohol motifs (C(OH)–C–C–N with tert-alkyl or cyclic N) is 1. The summed E-state index contributed by atoms with van der Waals surface area (Å²) < 4.78 is 10.5. The van der Waals surface area contributed by atoms with Crippen LogP contribution >= 0.6 is 0 Å². The average Bonchev–Trinajstić information content (AvgIpc) is 3.19. The highest BCUT2D eigenvalue weighted by atomic mass is 16.5. The molecular formula is C16H16N4O5. The lowest BCUT2D eigenvalue weighted by Crippen LogP contribution is -2.32. The van der Waals surface area contributed by atoms with E-state index >= 15 is 0 Å². The predicted octanol–water partition coefficient (Wildman–Crippen LogP) is 0.657. The number of ether oxygens (including phenoxy) is 1. The molecule has 0 aliphatic carbocycles. The summed E-state index contributed by atoms with van der Waals surface area (Å²) in [7, 11) is 0. The molecule has 9 heteroatoms. The zero-order chi connectivity index (χ0) is 17.6. The van der Waals surface area contributed by atoms with Crippen LogP contribution in [0.2, 0.25) is 0 Å². The summed E-state index contributed by atoms with van der Waals surface area (Å²) in [5.41, 5.74) is 0.920. The van der Waals surface area contributed by atoms with E-state index in [4.69, 9.17) is 9.26 Å². The summed E-state index contributed by atoms with van der Waals surface area (Å²) in [5, 5.41) is 16.4. The van der Waals surface area contributed by atoms with E-state index in [1.165, 1.54) is 4.90 Å². The van der Waals surface area contributed by atoms with Crippen molar-refractivity contribution < 1.29 is 24.0 Å². The normalized spacial score (nSPS) is 22.3. The molecule has 2 aliphatic heterocycles. The number of benzene rings is 1. The number of rotatable bonds is 2. The van der Waals surface area contributed by atoms with Crippen molar-refractivity contribution >= 4 is 17.5 Å². The molecule has 0 bridgehead atoms. The zero-order valence-electron chi connectivity index (χ0n) is 13.4. The second-order valence-corrected chi connectivity index (χ2v) is 6.09. The quantitative estimate of drug-likeness (QED) is 0.821. The first-order valence-corrected chi connectivity index (χ1v) is 7.87. The lowest BCUT2D eigenvalue weighted by molar-refractivity contribution is -0.118. The van der Waals surface area contributed by atoms with E-state index in [1.807, 2.05) is 0 Å². The highest BCUT2D eigenvalue weighted by molar-refractivity contribution is 5.99. The second-order valence-electron chi connectivity index (χ2n) is 6.09. The van der Waals surface area contributed by atoms with Gasteiger partial charge in [-0.05, 0) is 25.1 Å². The van der Waals surface area contributed by atoms with Gasteiger partial charge < -0.3 is 24.6 Å². The maximum atomic E-state index is 12.9. The fourth-order valence-electron chi connectivity index (χ4n) is 3.09. The number of anilines is 1. The first-order chi connectivity index (χ1) is 12.0. The molecule has 0 spiro atoms. The molecule has 2 amide bonds. The standard InChI is InChI=1S/C16H16N4O5/c1-8-17-15(25-19-8)12-5-10(21)6-20(12)16(23)9-2-3-11-13(4-9)24-7-14(22)18-11/h2-4,10,12,21H,5-7H2,1H3,(H,18,22)/t10-,12-/m1/s1. The summed E-state index contributed by atoms with van der Waals surface area (Å²) >= 11 is 0. The first-order valence-electron chi connectivity index (χ1n) is 7.87. The molecular weight excluding hydrogens is 328 g/mol. The van der Waals surface area contributed by atoms with Crippen LogP contribution in [0.3, 0.4) is 0 Å². The second kappa shape index (κ2) is 5.85. The van der Waals surface area contributed by atoms with Crippen LogP contribution in [0.4, 0.5) is 5.69 Å². The van der Waals surface area contributed by atoms with Crippen LogP contribution in [0.5, 0.6) is 5.75 Å². The Hall–Kier alpha value is -2.94. The number of carbonyl (C=O) groups is 2. The van der Waals surface area contributed by atoms with Crippen LogP contribution < -0.4 is 10.1 Å². The molecule has 2 atom stereocenters. The van der Waals surface area contributed by atoms with E-state index in [-0.39, 0.29) is 25.0 Å². The third kappa shape index (κ3) is 2.82. The van der Waals surface area contributed by atoms with Crippen LogP contribution in [0.25, 0.3) is 0 Å². The van der Waals surface area contributed by atoms with E-state index in [9.17, 15) is 14.7 Å². The van der Waals surface area contributed by atoms with Gasteiger partial charge in [-0.2, -0.15) is 4.98 Å². The zero-order valence-corrected chi connectivity index (χ0v) is 13.4. The molecule has 3 heterocycles. The van der Waals surface area contributed by atoms with Gasteiger partial charge >= 0.3 is 0 Å². The Labute approximate surface area is 142 Å². The van der Waals surface area contributed by atoms with Gasteiger partial charge in [-0.3, -0.25) is 9.59 Å². The van der Waals surface area contributed by atoms with Gasteiger partial charge in [-0.1, -0.05) is 5.16 Å². The fraction of sp³-hybridized carbons (Fsp3) is 0.375. The topological polar surface area (TPSA) is 118 Å². The maximum absolute atomic E-state index is 12.9. The van der Waals surface area contributed by atoms with E-state index in [0.29, 0.717) is 35.1 Å². The van der Waals surface area contributed by atoms with Gasteiger partial charge in [-0.15, -0.1) is 0 Å². The van der Waals surface area contributed by atoms with Gasteiger partial charge in [0.25, 0.3) is 11.8 Å². The van der Waals surface area contributed by atoms with Crippen molar-refractivity contribution in [2.24, 2.45) is 0 Å². The Morgan fingerprint density at radius 3 is 3.04 bits per heavy atom. The third-order valence-electron chi connectivity index (χ3n) is 4.23. The number of likely N-dealkylation sites (tertiary alicyclic amines) is 1. The average molecular weight is 344 g/mol. The van der Waals surface area contributed by atoms with Crippen molar-refractivity contribution in [3.8, 4) is 5.75 Å². The summed E-state index contributed by atoms with van der Waals surface area (Å²) in [5.74, 6) is 0.711. The lowest BCUT2D eigenvalue weighted by atomic mass is 10.1. The SMILES string of the molecule is Cc1noc([C@H]2C[C@@H](O)CN2C(=O)c2ccc3c(c2)OCC(=O)N3)n1. The van der Waals surface area contributed by atoms with E-state index in [2.05, 4.69) is 15.5 Å². The Morgan fingerprint density at radius 1 is 1.44 bits per heavy atom. The molecule has 2 N–H and O–H groups in total. The van der Waals surface area contributed by atoms with Gasteiger partial charge in [0.1, 0.15) is 11.8 Å². The van der Waals surface area contributed by atoms with E-state index < -0.39 is 12.1 Å². The van der Waals surface area contributed by atoms with Gasteiger partial charge in [0.2, 0.25) is 5.89 Å². The fourth-order valence-corrected chi connectivity index (χ4v) is 3.09. The number of aliphatic hydroxyl groups excluding tert-OH is 1. The maximum Gasteiger partial charge on any atom is 0.262 e. The lowest BCUT2D eigenvalue weighted by Gasteiger charge is -2.23. The van der Waals surface area contributed by atoms with Crippen LogP contribution in [0.15, 0.2) is 22.7 Å². The molecule has 1 fully saturated rings. The molecule has 4 rings (SSSR count). The number of aryl methyl sites for hydroxylation is 1. The van der Waals surface area contributed by atoms with Crippen molar-refractivity contribution in [3.05, 3.63) is 35.5 Å². The van der Waals surface area contributed by atoms with Crippen LogP contribution in [-0.2, 0) is 4.79 Å². The molecule has 1 saturated heterocycles. The van der Waals surface area contributed by atoms with Crippen molar-refractivity contribution in [1.82, 2.24) is 15.0 Å². The molecule has 0 saturated carbocycles. The third-order valence-corrected chi connectivity index (χ3v) is 4.23. The van der Waals surface area contributed by atoms with Crippen molar-refractivity contribution in [2.75, 3.05) is 18.5 Å². The largest absolute Gasteiger partial charge is 0.482 e. The number of nitrogens with one attached hydrogen (secondary N) is 1. The van der Waals surface area contributed by atoms with Gasteiger partial charge in [0.15, 0.2) is 12.4 Å². The monoisotopic (exact) mass is 344 g/mol. The highest BCUT2D eigenvalue weighted by Gasteiger charge is 2.39. The summed E-state index contributed by atoms with van der Waals surface area (Å²) in [4.78, 5) is 29.9. The highest BCUT2D eigenvalue weighted by Crippen LogP contribution is 2.34. The number of hydrogen-bond donors (Lipinski definition) is 2. The Bertz CT molecular complexity index is 849. The smallest absolute Gasteiger partial charge is 0.262 e. The number of amides is 2. The van der Waals surface area contributed by atoms with Crippen LogP contribution in [0, 0.1) is 6.92 Å². The molecule has 2 aliphatic rings. The summed E-state index contributed by atoms with van der Waals surface area (Å²) in [6.07, 6.45) is -0.320. The number of fused-ring (bicyclic) bond motifs is 1. The van der Waals surface area contributed by atoms with Gasteiger partial charge in [0, 0.05) is 18.5 Å². The van der Waals surface area contributed by atoms with Gasteiger partial charge in [0.05, 0.1) is 11.8 Å². The van der Waals surface area contributed by atoms with E-state index in [0.717, 1.165) is 0 Å². The molecule has 0 unspecified atom stereocenters. The van der Waals surface area contributed by atoms with Crippen molar-refractivity contribution in [3.63, 3.8) is 0 Å². The van der Waals surface area contributed by atoms with E-state index in [1.54, 1.807) is 25.1 Å². The molecule has 2 aromatic rings. The molecule has 9 nitrogen and oxygen atoms in total.